The van der Waals surface area contributed by atoms with Gasteiger partial charge in [-0.2, -0.15) is 20.4 Å². The Morgan fingerprint density at radius 2 is 0.675 bits per heavy atom. The molecule has 0 bridgehead atoms. The first kappa shape index (κ1) is 71.0. The molecule has 0 radical (unpaired) electrons. The summed E-state index contributed by atoms with van der Waals surface area (Å²) in [6.07, 6.45) is 27.4. The van der Waals surface area contributed by atoms with E-state index in [1.165, 1.54) is 54.9 Å². The molecule has 12 aromatic rings. The molecule has 21 heteroatoms. The van der Waals surface area contributed by atoms with Crippen LogP contribution in [0.1, 0.15) is 145 Å². The number of nitrogens with zero attached hydrogens (tertiary/aromatic N) is 16. The fourth-order valence-corrected chi connectivity index (χ4v) is 21.1. The highest BCUT2D eigenvalue weighted by molar-refractivity contribution is 5.88. The summed E-state index contributed by atoms with van der Waals surface area (Å²) in [6.45, 7) is 13.8. The number of pyridine rings is 4. The monoisotopic (exact) mass is 1520 g/mol. The maximum Gasteiger partial charge on any atom is 0.233 e. The van der Waals surface area contributed by atoms with Gasteiger partial charge in [0, 0.05) is 210 Å². The van der Waals surface area contributed by atoms with Gasteiger partial charge in [0.15, 0.2) is 0 Å². The van der Waals surface area contributed by atoms with Gasteiger partial charge in [0.1, 0.15) is 0 Å². The lowest BCUT2D eigenvalue weighted by Crippen LogP contribution is -2.53. The molecule has 8 aromatic heterocycles. The van der Waals surface area contributed by atoms with Crippen molar-refractivity contribution < 1.29 is 23.9 Å². The van der Waals surface area contributed by atoms with Crippen molar-refractivity contribution in [3.63, 3.8) is 0 Å². The van der Waals surface area contributed by atoms with E-state index in [0.717, 1.165) is 251 Å². The number of benzene rings is 4. The third-order valence-electron chi connectivity index (χ3n) is 28.4. The van der Waals surface area contributed by atoms with Gasteiger partial charge in [-0.1, -0.05) is 92.1 Å². The van der Waals surface area contributed by atoms with Crippen LogP contribution in [-0.4, -0.2) is 168 Å². The van der Waals surface area contributed by atoms with E-state index >= 15 is 0 Å². The molecule has 0 N–H and O–H groups in total. The normalized spacial score (nSPS) is 24.1. The van der Waals surface area contributed by atoms with Crippen molar-refractivity contribution in [3.05, 3.63) is 193 Å². The number of carbonyl (C=O) groups is 4. The molecular weight excluding hydrogens is 1420 g/mol. The van der Waals surface area contributed by atoms with Crippen molar-refractivity contribution in [2.24, 2.45) is 23.2 Å². The zero-order chi connectivity index (χ0) is 76.5. The zero-order valence-electron chi connectivity index (χ0n) is 65.2. The van der Waals surface area contributed by atoms with Gasteiger partial charge in [0.25, 0.3) is 0 Å². The summed E-state index contributed by atoms with van der Waals surface area (Å²) < 4.78 is 14.0. The maximum atomic E-state index is 13.0. The number of fused-ring (bicyclic) bond motifs is 12. The highest BCUT2D eigenvalue weighted by atomic mass is 16.5. The van der Waals surface area contributed by atoms with Gasteiger partial charge in [0.2, 0.25) is 23.6 Å². The number of carbonyl (C=O) groups excluding carboxylic acids is 4. The van der Waals surface area contributed by atoms with Crippen LogP contribution in [0, 0.1) is 23.2 Å². The molecule has 5 saturated heterocycles. The Labute approximate surface area is 663 Å². The van der Waals surface area contributed by atoms with E-state index in [0.29, 0.717) is 42.8 Å². The number of amides is 4. The van der Waals surface area contributed by atoms with Gasteiger partial charge in [-0.25, -0.2) is 0 Å². The van der Waals surface area contributed by atoms with E-state index < -0.39 is 0 Å². The van der Waals surface area contributed by atoms with Crippen LogP contribution in [0.5, 0.6) is 0 Å². The summed E-state index contributed by atoms with van der Waals surface area (Å²) in [5, 5.41) is 24.1. The van der Waals surface area contributed by atoms with Crippen molar-refractivity contribution in [2.45, 2.75) is 170 Å². The van der Waals surface area contributed by atoms with Gasteiger partial charge in [-0.15, -0.1) is 0 Å². The van der Waals surface area contributed by atoms with Crippen molar-refractivity contribution in [1.29, 1.82) is 0 Å². The third kappa shape index (κ3) is 12.7. The van der Waals surface area contributed by atoms with Crippen LogP contribution in [0.15, 0.2) is 170 Å². The molecule has 3 saturated carbocycles. The lowest BCUT2D eigenvalue weighted by atomic mass is 9.82. The van der Waals surface area contributed by atoms with Crippen LogP contribution < -0.4 is 0 Å². The fourth-order valence-electron chi connectivity index (χ4n) is 21.1. The minimum Gasteiger partial charge on any atom is -0.379 e. The smallest absolute Gasteiger partial charge is 0.233 e. The predicted octanol–water partition coefficient (Wildman–Crippen LogP) is 14.7. The number of rotatable bonds is 9. The Kier molecular flexibility index (Phi) is 17.5. The first-order chi connectivity index (χ1) is 55.7. The van der Waals surface area contributed by atoms with Crippen LogP contribution in [0.4, 0.5) is 0 Å². The molecule has 4 amide bonds. The van der Waals surface area contributed by atoms with Crippen molar-refractivity contribution >= 4 is 67.2 Å². The Hall–Kier alpha value is -10.8. The quantitative estimate of drug-likeness (QED) is 0.132. The minimum absolute atomic E-state index is 0.0339. The SMILES string of the molecule is CC1(C(=O)N2CCC3(CCn4nc(-c5cnc6ccccc6c5)cc43)C2)COC1.O=C(C1CCC1)N1CCC2(CCn3nc(-c4cnc5ccccc5c4)cc32)C1.O=C(C1CCCC1)N1CCC2(CCn3nc(-c4cnc5ccccc5c4)cc32)C1.O=C(CC1CC1)N1CCC2(CCn3nc(-c4cnc5ccccc5c4)cc32)C1. The summed E-state index contributed by atoms with van der Waals surface area (Å²) in [4.78, 5) is 78.1. The molecule has 9 aliphatic heterocycles. The standard InChI is InChI=1S/C24H26N4O.C23H24N4O2.2C23H24N4O/c29-23(17-5-1-2-6-17)27-11-9-24(16-27)10-12-28-22(24)14-21(26-28)19-13-18-7-3-4-8-20(18)25-15-19;1-22(14-29-15-22)21(28)26-8-6-23(13-26)7-9-27-20(23)11-19(25-27)17-10-16-4-2-3-5-18(16)24-12-17;28-22(16-5-3-6-16)26-10-8-23(15-26)9-11-27-21(23)13-20(25-27)18-12-17-4-1-2-7-19(17)24-14-18;28-22(11-16-5-6-16)26-9-7-23(15-26)8-10-27-21(23)13-20(25-27)18-12-17-3-1-2-4-19(17)24-14-18/h3-4,7-8,13-15,17H,1-2,5-6,9-12,16H2;2-5,10-12H,6-9,13-15H2,1H3;1-2,4,7,12-14,16H,3,5-6,8-11,15H2;1-4,12-14,16H,5-11,15H2. The number of para-hydroxylation sites is 4. The average Bonchev–Trinajstić information content (AvgIpc) is 1.59. The second-order valence-corrected chi connectivity index (χ2v) is 35.7. The molecule has 3 aliphatic carbocycles. The second kappa shape index (κ2) is 28.0. The highest BCUT2D eigenvalue weighted by Gasteiger charge is 2.54. The largest absolute Gasteiger partial charge is 0.379 e. The Morgan fingerprint density at radius 1 is 0.368 bits per heavy atom. The van der Waals surface area contributed by atoms with E-state index in [-0.39, 0.29) is 38.9 Å². The first-order valence-electron chi connectivity index (χ1n) is 42.2. The minimum atomic E-state index is -0.327. The maximum absolute atomic E-state index is 13.0. The van der Waals surface area contributed by atoms with Crippen LogP contribution in [-0.2, 0) is 71.8 Å². The number of aromatic nitrogens is 12. The van der Waals surface area contributed by atoms with Crippen LogP contribution in [0.2, 0.25) is 0 Å². The van der Waals surface area contributed by atoms with Gasteiger partial charge in [-0.3, -0.25) is 57.8 Å². The lowest BCUT2D eigenvalue weighted by molar-refractivity contribution is -0.167. The van der Waals surface area contributed by atoms with E-state index in [1.54, 1.807) is 0 Å². The van der Waals surface area contributed by atoms with Crippen molar-refractivity contribution in [3.8, 4) is 45.0 Å². The van der Waals surface area contributed by atoms with E-state index in [1.807, 2.05) is 105 Å². The molecule has 24 rings (SSSR count). The lowest BCUT2D eigenvalue weighted by Gasteiger charge is -2.39. The summed E-state index contributed by atoms with van der Waals surface area (Å²) in [5.74, 6) is 2.62. The second-order valence-electron chi connectivity index (χ2n) is 35.7. The molecule has 17 heterocycles. The Morgan fingerprint density at radius 3 is 1.00 bits per heavy atom. The number of hydrogen-bond donors (Lipinski definition) is 0. The number of ether oxygens (including phenoxy) is 1. The third-order valence-corrected chi connectivity index (χ3v) is 28.4. The van der Waals surface area contributed by atoms with E-state index in [9.17, 15) is 19.2 Å². The number of hydrogen-bond acceptors (Lipinski definition) is 13. The number of aryl methyl sites for hydroxylation is 4. The van der Waals surface area contributed by atoms with Crippen molar-refractivity contribution in [2.75, 3.05) is 65.6 Å². The molecule has 4 aromatic carbocycles. The fraction of sp³-hybridized carbons (Fsp3) is 0.441. The van der Waals surface area contributed by atoms with Gasteiger partial charge >= 0.3 is 0 Å². The predicted molar refractivity (Wildman–Crippen MR) is 437 cm³/mol. The van der Waals surface area contributed by atoms with E-state index in [4.69, 9.17) is 25.1 Å². The van der Waals surface area contributed by atoms with Gasteiger partial charge < -0.3 is 24.3 Å². The van der Waals surface area contributed by atoms with Crippen LogP contribution in [0.3, 0.4) is 0 Å². The molecule has 4 unspecified atom stereocenters. The summed E-state index contributed by atoms with van der Waals surface area (Å²) in [6, 6.07) is 50.4. The zero-order valence-corrected chi connectivity index (χ0v) is 65.2. The summed E-state index contributed by atoms with van der Waals surface area (Å²) in [7, 11) is 0. The Balaban J connectivity index is 0.0000000955. The Bertz CT molecular complexity index is 5800. The molecular formula is C93H98N16O5. The first-order valence-corrected chi connectivity index (χ1v) is 42.2. The highest BCUT2D eigenvalue weighted by Crippen LogP contribution is 2.50. The van der Waals surface area contributed by atoms with Gasteiger partial charge in [-0.05, 0) is 176 Å². The molecule has 4 atom stereocenters. The molecule has 12 aliphatic rings. The van der Waals surface area contributed by atoms with E-state index in [2.05, 4.69) is 131 Å². The van der Waals surface area contributed by atoms with Gasteiger partial charge in [0.05, 0.1) is 63.5 Å². The molecule has 580 valence electrons. The van der Waals surface area contributed by atoms with Crippen LogP contribution in [0.25, 0.3) is 88.6 Å². The average molecular weight is 1520 g/mol. The number of likely N-dealkylation sites (tertiary alicyclic amines) is 4. The molecule has 4 spiro atoms. The topological polar surface area (TPSA) is 213 Å². The molecule has 114 heavy (non-hydrogen) atoms. The summed E-state index contributed by atoms with van der Waals surface area (Å²) >= 11 is 0. The molecule has 8 fully saturated rings. The van der Waals surface area contributed by atoms with Crippen LogP contribution >= 0.6 is 0 Å². The molecule has 21 nitrogen and oxygen atoms in total. The van der Waals surface area contributed by atoms with Crippen molar-refractivity contribution in [1.82, 2.24) is 78.7 Å². The summed E-state index contributed by atoms with van der Waals surface area (Å²) in [5.41, 5.74) is 17.4.